The van der Waals surface area contributed by atoms with Crippen molar-refractivity contribution in [1.82, 2.24) is 0 Å². The predicted octanol–water partition coefficient (Wildman–Crippen LogP) is 1.84. The molecule has 0 aliphatic heterocycles. The molecule has 0 saturated heterocycles. The minimum absolute atomic E-state index is 0.0256. The van der Waals surface area contributed by atoms with E-state index in [1.54, 1.807) is 6.07 Å². The maximum atomic E-state index is 11.8. The number of hydrogen-bond acceptors (Lipinski definition) is 2. The Hall–Kier alpha value is -1.89. The standard InChI is InChI=1S/C10H6F2O2/c11-10(12)14-9-5-1-3-8(7-9)4-2-6-13/h1,3,5-7,10H. The lowest BCUT2D eigenvalue weighted by Gasteiger charge is -2.03. The first-order valence-electron chi connectivity index (χ1n) is 3.72. The average molecular weight is 196 g/mol. The Morgan fingerprint density at radius 3 is 2.86 bits per heavy atom. The summed E-state index contributed by atoms with van der Waals surface area (Å²) in [6, 6.07) is 5.84. The molecule has 0 spiro atoms. The molecule has 0 N–H and O–H groups in total. The molecule has 4 heteroatoms. The second-order valence-corrected chi connectivity index (χ2v) is 2.29. The predicted molar refractivity (Wildman–Crippen MR) is 46.0 cm³/mol. The normalized spacial score (nSPS) is 9.07. The highest BCUT2D eigenvalue weighted by molar-refractivity contribution is 5.74. The molecule has 2 nitrogen and oxygen atoms in total. The number of alkyl halides is 2. The molecule has 0 radical (unpaired) electrons. The third kappa shape index (κ3) is 3.23. The third-order valence-electron chi connectivity index (χ3n) is 1.33. The van der Waals surface area contributed by atoms with Crippen LogP contribution in [-0.2, 0) is 4.79 Å². The number of carbonyl (C=O) groups excluding carboxylic acids is 1. The largest absolute Gasteiger partial charge is 0.435 e. The first-order chi connectivity index (χ1) is 6.72. The third-order valence-corrected chi connectivity index (χ3v) is 1.33. The van der Waals surface area contributed by atoms with Crippen molar-refractivity contribution in [1.29, 1.82) is 0 Å². The maximum Gasteiger partial charge on any atom is 0.387 e. The summed E-state index contributed by atoms with van der Waals surface area (Å²) in [4.78, 5) is 9.92. The van der Waals surface area contributed by atoms with Crippen LogP contribution in [0.2, 0.25) is 0 Å². The van der Waals surface area contributed by atoms with Gasteiger partial charge in [0.05, 0.1) is 0 Å². The molecule has 72 valence electrons. The van der Waals surface area contributed by atoms with Crippen LogP contribution in [0.5, 0.6) is 5.75 Å². The Bertz CT molecular complexity index is 377. The van der Waals surface area contributed by atoms with Crippen LogP contribution in [0.15, 0.2) is 24.3 Å². The Labute approximate surface area is 79.5 Å². The van der Waals surface area contributed by atoms with Crippen LogP contribution in [0.4, 0.5) is 8.78 Å². The van der Waals surface area contributed by atoms with Crippen molar-refractivity contribution in [2.45, 2.75) is 6.61 Å². The van der Waals surface area contributed by atoms with Crippen molar-refractivity contribution in [3.8, 4) is 17.6 Å². The van der Waals surface area contributed by atoms with E-state index in [0.717, 1.165) is 0 Å². The zero-order valence-electron chi connectivity index (χ0n) is 7.04. The van der Waals surface area contributed by atoms with Crippen molar-refractivity contribution in [2.24, 2.45) is 0 Å². The highest BCUT2D eigenvalue weighted by Crippen LogP contribution is 2.14. The van der Waals surface area contributed by atoms with Gasteiger partial charge in [-0.05, 0) is 24.1 Å². The number of carbonyl (C=O) groups is 1. The van der Waals surface area contributed by atoms with Crippen molar-refractivity contribution in [3.63, 3.8) is 0 Å². The zero-order chi connectivity index (χ0) is 10.4. The summed E-state index contributed by atoms with van der Waals surface area (Å²) < 4.78 is 27.7. The topological polar surface area (TPSA) is 26.3 Å². The SMILES string of the molecule is O=CC#Cc1cccc(OC(F)F)c1. The van der Waals surface area contributed by atoms with E-state index in [4.69, 9.17) is 0 Å². The van der Waals surface area contributed by atoms with Gasteiger partial charge in [0.1, 0.15) is 5.75 Å². The Morgan fingerprint density at radius 2 is 2.21 bits per heavy atom. The van der Waals surface area contributed by atoms with Crippen molar-refractivity contribution in [2.75, 3.05) is 0 Å². The number of rotatable bonds is 2. The Balaban J connectivity index is 2.83. The first-order valence-corrected chi connectivity index (χ1v) is 3.72. The van der Waals surface area contributed by atoms with E-state index >= 15 is 0 Å². The van der Waals surface area contributed by atoms with Gasteiger partial charge in [0.2, 0.25) is 0 Å². The number of ether oxygens (including phenoxy) is 1. The van der Waals surface area contributed by atoms with Gasteiger partial charge in [-0.3, -0.25) is 4.79 Å². The van der Waals surface area contributed by atoms with E-state index in [2.05, 4.69) is 16.6 Å². The van der Waals surface area contributed by atoms with Crippen molar-refractivity contribution < 1.29 is 18.3 Å². The van der Waals surface area contributed by atoms with Gasteiger partial charge in [0, 0.05) is 5.56 Å². The quantitative estimate of drug-likeness (QED) is 0.533. The first kappa shape index (κ1) is 10.2. The Morgan fingerprint density at radius 1 is 1.43 bits per heavy atom. The number of benzene rings is 1. The number of hydrogen-bond donors (Lipinski definition) is 0. The molecule has 0 unspecified atom stereocenters. The molecule has 1 aromatic carbocycles. The molecule has 1 rings (SSSR count). The van der Waals surface area contributed by atoms with Crippen molar-refractivity contribution >= 4 is 6.29 Å². The van der Waals surface area contributed by atoms with Gasteiger partial charge in [0.15, 0.2) is 6.29 Å². The van der Waals surface area contributed by atoms with Gasteiger partial charge in [0.25, 0.3) is 0 Å². The molecule has 0 fully saturated rings. The van der Waals surface area contributed by atoms with E-state index < -0.39 is 6.61 Å². The van der Waals surface area contributed by atoms with Gasteiger partial charge in [-0.15, -0.1) is 0 Å². The second kappa shape index (κ2) is 4.97. The molecule has 0 amide bonds. The average Bonchev–Trinajstić information content (AvgIpc) is 2.14. The lowest BCUT2D eigenvalue weighted by Crippen LogP contribution is -2.01. The van der Waals surface area contributed by atoms with E-state index in [9.17, 15) is 13.6 Å². The van der Waals surface area contributed by atoms with E-state index in [-0.39, 0.29) is 5.75 Å². The fourth-order valence-electron chi connectivity index (χ4n) is 0.863. The summed E-state index contributed by atoms with van der Waals surface area (Å²) in [7, 11) is 0. The maximum absolute atomic E-state index is 11.8. The van der Waals surface area contributed by atoms with Crippen LogP contribution >= 0.6 is 0 Å². The molecule has 1 aromatic rings. The van der Waals surface area contributed by atoms with Gasteiger partial charge >= 0.3 is 6.61 Å². The second-order valence-electron chi connectivity index (χ2n) is 2.29. The molecule has 0 saturated carbocycles. The minimum atomic E-state index is -2.86. The summed E-state index contributed by atoms with van der Waals surface area (Å²) >= 11 is 0. The van der Waals surface area contributed by atoms with Crippen LogP contribution in [0.25, 0.3) is 0 Å². The van der Waals surface area contributed by atoms with Crippen molar-refractivity contribution in [3.05, 3.63) is 29.8 Å². The van der Waals surface area contributed by atoms with Gasteiger partial charge in [-0.25, -0.2) is 0 Å². The van der Waals surface area contributed by atoms with E-state index in [0.29, 0.717) is 11.8 Å². The molecule has 0 aromatic heterocycles. The van der Waals surface area contributed by atoms with Crippen LogP contribution in [-0.4, -0.2) is 12.9 Å². The zero-order valence-corrected chi connectivity index (χ0v) is 7.04. The van der Waals surface area contributed by atoms with Crippen LogP contribution in [0.1, 0.15) is 5.56 Å². The molecule has 0 aliphatic rings. The Kier molecular flexibility index (Phi) is 3.62. The molecule has 0 bridgehead atoms. The molecule has 14 heavy (non-hydrogen) atoms. The summed E-state index contributed by atoms with van der Waals surface area (Å²) in [5.41, 5.74) is 0.454. The highest BCUT2D eigenvalue weighted by atomic mass is 19.3. The number of aldehydes is 1. The fraction of sp³-hybridized carbons (Fsp3) is 0.100. The summed E-state index contributed by atoms with van der Waals surface area (Å²) in [6.07, 6.45) is 0.431. The summed E-state index contributed by atoms with van der Waals surface area (Å²) in [5.74, 6) is 4.66. The monoisotopic (exact) mass is 196 g/mol. The van der Waals surface area contributed by atoms with Crippen LogP contribution < -0.4 is 4.74 Å². The van der Waals surface area contributed by atoms with Gasteiger partial charge in [-0.1, -0.05) is 12.0 Å². The highest BCUT2D eigenvalue weighted by Gasteiger charge is 2.03. The van der Waals surface area contributed by atoms with E-state index in [1.165, 1.54) is 18.2 Å². The fourth-order valence-corrected chi connectivity index (χ4v) is 0.863. The molecule has 0 heterocycles. The molecule has 0 aliphatic carbocycles. The summed E-state index contributed by atoms with van der Waals surface area (Å²) in [5, 5.41) is 0. The minimum Gasteiger partial charge on any atom is -0.435 e. The molecule has 0 atom stereocenters. The smallest absolute Gasteiger partial charge is 0.387 e. The van der Waals surface area contributed by atoms with Crippen LogP contribution in [0, 0.1) is 11.8 Å². The summed E-state index contributed by atoms with van der Waals surface area (Å²) in [6.45, 7) is -2.86. The van der Waals surface area contributed by atoms with Gasteiger partial charge < -0.3 is 4.74 Å². The van der Waals surface area contributed by atoms with E-state index in [1.807, 2.05) is 0 Å². The molecular formula is C10H6F2O2. The van der Waals surface area contributed by atoms with Crippen LogP contribution in [0.3, 0.4) is 0 Å². The number of halogens is 2. The molecular weight excluding hydrogens is 190 g/mol. The lowest BCUT2D eigenvalue weighted by atomic mass is 10.2. The lowest BCUT2D eigenvalue weighted by molar-refractivity contribution is -0.103. The van der Waals surface area contributed by atoms with Gasteiger partial charge in [-0.2, -0.15) is 8.78 Å².